The summed E-state index contributed by atoms with van der Waals surface area (Å²) in [5, 5.41) is 3.69. The standard InChI is InChI=1S/C17H21Cl4N3O/c18-12-9-13(19)16(21)17(15(12)20)22-14(25)10-23-7-3-11(4-8-23)24-5-1-2-6-24/h9,11H,1-8,10H2,(H,22,25). The lowest BCUT2D eigenvalue weighted by Gasteiger charge is -2.36. The quantitative estimate of drug-likeness (QED) is 0.705. The zero-order valence-electron chi connectivity index (χ0n) is 13.8. The van der Waals surface area contributed by atoms with Gasteiger partial charge in [-0.25, -0.2) is 0 Å². The van der Waals surface area contributed by atoms with Crippen molar-refractivity contribution in [3.8, 4) is 0 Å². The van der Waals surface area contributed by atoms with Gasteiger partial charge >= 0.3 is 0 Å². The normalized spacial score (nSPS) is 20.2. The van der Waals surface area contributed by atoms with E-state index in [1.54, 1.807) is 0 Å². The summed E-state index contributed by atoms with van der Waals surface area (Å²) in [6.07, 6.45) is 4.84. The Labute approximate surface area is 168 Å². The van der Waals surface area contributed by atoms with Gasteiger partial charge in [-0.15, -0.1) is 0 Å². The summed E-state index contributed by atoms with van der Waals surface area (Å²) < 4.78 is 0. The number of hydrogen-bond acceptors (Lipinski definition) is 3. The average molecular weight is 425 g/mol. The molecule has 0 atom stereocenters. The fourth-order valence-electron chi connectivity index (χ4n) is 3.61. The van der Waals surface area contributed by atoms with Gasteiger partial charge in [0.15, 0.2) is 0 Å². The lowest BCUT2D eigenvalue weighted by molar-refractivity contribution is -0.117. The summed E-state index contributed by atoms with van der Waals surface area (Å²) in [5.74, 6) is -0.165. The number of nitrogens with one attached hydrogen (secondary N) is 1. The van der Waals surface area contributed by atoms with Gasteiger partial charge in [0.05, 0.1) is 32.3 Å². The Morgan fingerprint density at radius 3 is 2.12 bits per heavy atom. The van der Waals surface area contributed by atoms with Crippen LogP contribution >= 0.6 is 46.4 Å². The van der Waals surface area contributed by atoms with Gasteiger partial charge in [-0.1, -0.05) is 46.4 Å². The molecule has 4 nitrogen and oxygen atoms in total. The van der Waals surface area contributed by atoms with E-state index in [0.29, 0.717) is 12.6 Å². The number of halogens is 4. The van der Waals surface area contributed by atoms with Crippen molar-refractivity contribution < 1.29 is 4.79 Å². The van der Waals surface area contributed by atoms with E-state index >= 15 is 0 Å². The molecule has 2 aliphatic heterocycles. The zero-order valence-corrected chi connectivity index (χ0v) is 16.9. The first-order chi connectivity index (χ1) is 12.0. The number of nitrogens with zero attached hydrogens (tertiary/aromatic N) is 2. The maximum Gasteiger partial charge on any atom is 0.238 e. The van der Waals surface area contributed by atoms with Gasteiger partial charge in [0, 0.05) is 19.1 Å². The van der Waals surface area contributed by atoms with E-state index in [9.17, 15) is 4.79 Å². The second-order valence-electron chi connectivity index (χ2n) is 6.64. The average Bonchev–Trinajstić information content (AvgIpc) is 3.12. The minimum Gasteiger partial charge on any atom is -0.322 e. The summed E-state index contributed by atoms with van der Waals surface area (Å²) in [7, 11) is 0. The van der Waals surface area contributed by atoms with E-state index in [1.807, 2.05) is 0 Å². The first-order valence-electron chi connectivity index (χ1n) is 8.55. The molecule has 3 rings (SSSR count). The van der Waals surface area contributed by atoms with Crippen LogP contribution in [0.15, 0.2) is 6.07 Å². The Hall–Kier alpha value is -0.230. The van der Waals surface area contributed by atoms with Gasteiger partial charge < -0.3 is 10.2 Å². The van der Waals surface area contributed by atoms with Crippen LogP contribution in [0.3, 0.4) is 0 Å². The van der Waals surface area contributed by atoms with Crippen LogP contribution in [0.25, 0.3) is 0 Å². The SMILES string of the molecule is O=C(CN1CCC(N2CCCC2)CC1)Nc1c(Cl)c(Cl)cc(Cl)c1Cl. The highest BCUT2D eigenvalue weighted by Crippen LogP contribution is 2.41. The van der Waals surface area contributed by atoms with Crippen molar-refractivity contribution in [3.63, 3.8) is 0 Å². The van der Waals surface area contributed by atoms with Gasteiger partial charge in [0.1, 0.15) is 0 Å². The Balaban J connectivity index is 1.54. The molecule has 2 heterocycles. The molecule has 138 valence electrons. The summed E-state index contributed by atoms with van der Waals surface area (Å²) in [6, 6.07) is 2.13. The van der Waals surface area contributed by atoms with Crippen molar-refractivity contribution in [3.05, 3.63) is 26.2 Å². The molecule has 0 radical (unpaired) electrons. The molecule has 1 N–H and O–H groups in total. The van der Waals surface area contributed by atoms with Crippen LogP contribution in [0, 0.1) is 0 Å². The molecule has 0 aromatic heterocycles. The summed E-state index contributed by atoms with van der Waals surface area (Å²) >= 11 is 24.3. The lowest BCUT2D eigenvalue weighted by Crippen LogP contribution is -2.45. The first kappa shape index (κ1) is 19.5. The Kier molecular flexibility index (Phi) is 6.75. The largest absolute Gasteiger partial charge is 0.322 e. The highest BCUT2D eigenvalue weighted by Gasteiger charge is 2.27. The number of hydrogen-bond donors (Lipinski definition) is 1. The molecule has 2 saturated heterocycles. The first-order valence-corrected chi connectivity index (χ1v) is 10.1. The lowest BCUT2D eigenvalue weighted by atomic mass is 10.0. The number of amides is 1. The number of anilines is 1. The number of rotatable bonds is 4. The van der Waals surface area contributed by atoms with Gasteiger partial charge in [-0.05, 0) is 44.8 Å². The van der Waals surface area contributed by atoms with Crippen molar-refractivity contribution in [2.24, 2.45) is 0 Å². The van der Waals surface area contributed by atoms with Gasteiger partial charge in [0.25, 0.3) is 0 Å². The summed E-state index contributed by atoms with van der Waals surface area (Å²) in [5.41, 5.74) is 0.276. The highest BCUT2D eigenvalue weighted by molar-refractivity contribution is 6.50. The van der Waals surface area contributed by atoms with Crippen molar-refractivity contribution in [1.29, 1.82) is 0 Å². The van der Waals surface area contributed by atoms with Crippen molar-refractivity contribution in [2.45, 2.75) is 31.7 Å². The minimum atomic E-state index is -0.165. The third-order valence-electron chi connectivity index (χ3n) is 4.96. The monoisotopic (exact) mass is 423 g/mol. The second kappa shape index (κ2) is 8.64. The maximum atomic E-state index is 12.4. The molecule has 2 fully saturated rings. The fraction of sp³-hybridized carbons (Fsp3) is 0.588. The van der Waals surface area contributed by atoms with E-state index < -0.39 is 0 Å². The number of benzene rings is 1. The van der Waals surface area contributed by atoms with Crippen LogP contribution in [0.4, 0.5) is 5.69 Å². The maximum absolute atomic E-state index is 12.4. The molecule has 0 unspecified atom stereocenters. The van der Waals surface area contributed by atoms with E-state index in [2.05, 4.69) is 15.1 Å². The molecule has 0 saturated carbocycles. The summed E-state index contributed by atoms with van der Waals surface area (Å²) in [6.45, 7) is 4.59. The molecular weight excluding hydrogens is 404 g/mol. The molecule has 25 heavy (non-hydrogen) atoms. The Bertz CT molecular complexity index is 615. The van der Waals surface area contributed by atoms with Crippen molar-refractivity contribution >= 4 is 58.0 Å². The van der Waals surface area contributed by atoms with Crippen LogP contribution in [0.5, 0.6) is 0 Å². The predicted molar refractivity (Wildman–Crippen MR) is 105 cm³/mol. The van der Waals surface area contributed by atoms with E-state index in [4.69, 9.17) is 46.4 Å². The molecular formula is C17H21Cl4N3O. The highest BCUT2D eigenvalue weighted by atomic mass is 35.5. The van der Waals surface area contributed by atoms with Crippen LogP contribution in [0.1, 0.15) is 25.7 Å². The molecule has 2 aliphatic rings. The molecule has 1 aromatic rings. The van der Waals surface area contributed by atoms with E-state index in [0.717, 1.165) is 25.9 Å². The number of carbonyl (C=O) groups is 1. The molecule has 8 heteroatoms. The predicted octanol–water partition coefficient (Wildman–Crippen LogP) is 4.80. The third-order valence-corrected chi connectivity index (χ3v) is 6.53. The minimum absolute atomic E-state index is 0.165. The number of piperidine rings is 1. The molecule has 1 amide bonds. The van der Waals surface area contributed by atoms with Gasteiger partial charge in [-0.2, -0.15) is 0 Å². The van der Waals surface area contributed by atoms with Crippen LogP contribution < -0.4 is 5.32 Å². The molecule has 0 bridgehead atoms. The smallest absolute Gasteiger partial charge is 0.238 e. The Morgan fingerprint density at radius 2 is 1.56 bits per heavy atom. The molecule has 0 aliphatic carbocycles. The zero-order chi connectivity index (χ0) is 18.0. The number of carbonyl (C=O) groups excluding carboxylic acids is 1. The van der Waals surface area contributed by atoms with Crippen LogP contribution in [0.2, 0.25) is 20.1 Å². The molecule has 1 aromatic carbocycles. The Morgan fingerprint density at radius 1 is 1.00 bits per heavy atom. The van der Waals surface area contributed by atoms with Crippen LogP contribution in [-0.4, -0.2) is 54.5 Å². The van der Waals surface area contributed by atoms with Gasteiger partial charge in [0.2, 0.25) is 5.91 Å². The van der Waals surface area contributed by atoms with Crippen LogP contribution in [-0.2, 0) is 4.79 Å². The third kappa shape index (κ3) is 4.74. The van der Waals surface area contributed by atoms with E-state index in [1.165, 1.54) is 32.0 Å². The number of likely N-dealkylation sites (tertiary alicyclic amines) is 2. The fourth-order valence-corrected chi connectivity index (χ4v) is 4.52. The van der Waals surface area contributed by atoms with Crippen molar-refractivity contribution in [2.75, 3.05) is 38.0 Å². The summed E-state index contributed by atoms with van der Waals surface area (Å²) in [4.78, 5) is 17.1. The van der Waals surface area contributed by atoms with E-state index in [-0.39, 0.29) is 31.7 Å². The molecule has 0 spiro atoms. The topological polar surface area (TPSA) is 35.6 Å². The van der Waals surface area contributed by atoms with Gasteiger partial charge in [-0.3, -0.25) is 9.69 Å². The van der Waals surface area contributed by atoms with Crippen molar-refractivity contribution in [1.82, 2.24) is 9.80 Å². The second-order valence-corrected chi connectivity index (χ2v) is 8.21.